The highest BCUT2D eigenvalue weighted by molar-refractivity contribution is 5.16. The van der Waals surface area contributed by atoms with E-state index in [0.29, 0.717) is 12.6 Å². The maximum atomic E-state index is 5.45. The zero-order chi connectivity index (χ0) is 7.73. The molecule has 2 heterocycles. The number of ether oxygens (including phenoxy) is 1. The first-order valence-electron chi connectivity index (χ1n) is 4.18. The molecule has 11 heavy (non-hydrogen) atoms. The van der Waals surface area contributed by atoms with Crippen molar-refractivity contribution in [1.82, 2.24) is 5.32 Å². The summed E-state index contributed by atoms with van der Waals surface area (Å²) in [6.07, 6.45) is 8.97. The van der Waals surface area contributed by atoms with Gasteiger partial charge in [-0.1, -0.05) is 5.92 Å². The molecule has 0 aromatic rings. The van der Waals surface area contributed by atoms with Crippen LogP contribution in [0.2, 0.25) is 0 Å². The van der Waals surface area contributed by atoms with E-state index in [1.807, 2.05) is 0 Å². The van der Waals surface area contributed by atoms with E-state index >= 15 is 0 Å². The number of piperidine rings is 1. The zero-order valence-corrected chi connectivity index (χ0v) is 6.60. The molecule has 2 atom stereocenters. The van der Waals surface area contributed by atoms with E-state index in [0.717, 1.165) is 13.0 Å². The summed E-state index contributed by atoms with van der Waals surface area (Å²) >= 11 is 0. The minimum Gasteiger partial charge on any atom is -0.377 e. The number of hydrogen-bond donors (Lipinski definition) is 1. The Morgan fingerprint density at radius 3 is 3.27 bits per heavy atom. The van der Waals surface area contributed by atoms with Crippen LogP contribution in [0.15, 0.2) is 0 Å². The maximum absolute atomic E-state index is 5.45. The molecular weight excluding hydrogens is 138 g/mol. The van der Waals surface area contributed by atoms with Gasteiger partial charge in [0.1, 0.15) is 5.54 Å². The summed E-state index contributed by atoms with van der Waals surface area (Å²) in [6.45, 7) is 1.53. The first-order chi connectivity index (χ1) is 5.35. The van der Waals surface area contributed by atoms with Gasteiger partial charge in [0.15, 0.2) is 0 Å². The predicted molar refractivity (Wildman–Crippen MR) is 43.2 cm³/mol. The average molecular weight is 151 g/mol. The lowest BCUT2D eigenvalue weighted by Gasteiger charge is -2.42. The van der Waals surface area contributed by atoms with Crippen molar-refractivity contribution in [2.24, 2.45) is 0 Å². The molecule has 2 heteroatoms. The molecule has 0 spiro atoms. The van der Waals surface area contributed by atoms with E-state index in [1.165, 1.54) is 12.8 Å². The molecule has 2 saturated heterocycles. The van der Waals surface area contributed by atoms with Gasteiger partial charge in [0, 0.05) is 6.04 Å². The number of nitrogens with one attached hydrogen (secondary N) is 1. The van der Waals surface area contributed by atoms with E-state index in [2.05, 4.69) is 11.2 Å². The van der Waals surface area contributed by atoms with Gasteiger partial charge < -0.3 is 4.74 Å². The second-order valence-electron chi connectivity index (χ2n) is 3.48. The van der Waals surface area contributed by atoms with Crippen molar-refractivity contribution in [3.05, 3.63) is 0 Å². The summed E-state index contributed by atoms with van der Waals surface area (Å²) in [5.74, 6) is 2.81. The fourth-order valence-electron chi connectivity index (χ4n) is 1.96. The molecule has 1 N–H and O–H groups in total. The Balaban J connectivity index is 2.15. The zero-order valence-electron chi connectivity index (χ0n) is 6.60. The maximum Gasteiger partial charge on any atom is 0.104 e. The fourth-order valence-corrected chi connectivity index (χ4v) is 1.96. The molecule has 0 aliphatic carbocycles. The summed E-state index contributed by atoms with van der Waals surface area (Å²) in [5.41, 5.74) is -0.124. The standard InChI is InChI=1S/C9H13NO/c1-2-9-5-3-4-8(10-9)6-11-7-9/h1,8,10H,3-7H2. The molecule has 0 radical (unpaired) electrons. The number of hydrogen-bond acceptors (Lipinski definition) is 2. The van der Waals surface area contributed by atoms with Gasteiger partial charge in [-0.25, -0.2) is 0 Å². The van der Waals surface area contributed by atoms with Gasteiger partial charge in [-0.05, 0) is 19.3 Å². The number of fused-ring (bicyclic) bond motifs is 2. The molecule has 0 saturated carbocycles. The summed E-state index contributed by atoms with van der Waals surface area (Å²) in [7, 11) is 0. The number of morpholine rings is 1. The molecule has 0 aromatic carbocycles. The highest BCUT2D eigenvalue weighted by Crippen LogP contribution is 2.25. The van der Waals surface area contributed by atoms with Crippen molar-refractivity contribution in [2.75, 3.05) is 13.2 Å². The number of rotatable bonds is 0. The van der Waals surface area contributed by atoms with E-state index in [-0.39, 0.29) is 5.54 Å². The SMILES string of the molecule is C#CC12CCCC(COC1)N2. The third-order valence-electron chi connectivity index (χ3n) is 2.58. The first kappa shape index (κ1) is 7.15. The molecule has 2 rings (SSSR count). The summed E-state index contributed by atoms with van der Waals surface area (Å²) in [6, 6.07) is 0.508. The van der Waals surface area contributed by atoms with Gasteiger partial charge in [-0.2, -0.15) is 0 Å². The molecule has 2 aliphatic heterocycles. The number of terminal acetylenes is 1. The molecule has 2 nitrogen and oxygen atoms in total. The first-order valence-corrected chi connectivity index (χ1v) is 4.18. The van der Waals surface area contributed by atoms with Gasteiger partial charge >= 0.3 is 0 Å². The van der Waals surface area contributed by atoms with Crippen LogP contribution in [0.5, 0.6) is 0 Å². The van der Waals surface area contributed by atoms with Crippen LogP contribution in [0.4, 0.5) is 0 Å². The third kappa shape index (κ3) is 1.15. The van der Waals surface area contributed by atoms with Crippen molar-refractivity contribution < 1.29 is 4.74 Å². The lowest BCUT2D eigenvalue weighted by molar-refractivity contribution is -0.00216. The summed E-state index contributed by atoms with van der Waals surface area (Å²) in [5, 5.41) is 3.45. The van der Waals surface area contributed by atoms with Crippen molar-refractivity contribution in [3.63, 3.8) is 0 Å². The van der Waals surface area contributed by atoms with Crippen molar-refractivity contribution in [2.45, 2.75) is 30.8 Å². The summed E-state index contributed by atoms with van der Waals surface area (Å²) in [4.78, 5) is 0. The third-order valence-corrected chi connectivity index (χ3v) is 2.58. The minimum absolute atomic E-state index is 0.124. The predicted octanol–water partition coefficient (Wildman–Crippen LogP) is 0.531. The molecule has 0 amide bonds. The normalized spacial score (nSPS) is 43.0. The Kier molecular flexibility index (Phi) is 1.63. The van der Waals surface area contributed by atoms with Crippen molar-refractivity contribution in [1.29, 1.82) is 0 Å². The van der Waals surface area contributed by atoms with Gasteiger partial charge in [0.05, 0.1) is 13.2 Å². The quantitative estimate of drug-likeness (QED) is 0.510. The average Bonchev–Trinajstić information content (AvgIpc) is 2.05. The highest BCUT2D eigenvalue weighted by atomic mass is 16.5. The Morgan fingerprint density at radius 1 is 1.64 bits per heavy atom. The lowest BCUT2D eigenvalue weighted by Crippen LogP contribution is -2.60. The van der Waals surface area contributed by atoms with Gasteiger partial charge in [-0.3, -0.25) is 5.32 Å². The molecule has 2 unspecified atom stereocenters. The fraction of sp³-hybridized carbons (Fsp3) is 0.778. The van der Waals surface area contributed by atoms with Gasteiger partial charge in [0.25, 0.3) is 0 Å². The largest absolute Gasteiger partial charge is 0.377 e. The van der Waals surface area contributed by atoms with Crippen LogP contribution in [0.25, 0.3) is 0 Å². The Bertz CT molecular complexity index is 184. The molecule has 60 valence electrons. The van der Waals surface area contributed by atoms with Crippen LogP contribution >= 0.6 is 0 Å². The highest BCUT2D eigenvalue weighted by Gasteiger charge is 2.37. The van der Waals surface area contributed by atoms with Crippen LogP contribution in [0.1, 0.15) is 19.3 Å². The van der Waals surface area contributed by atoms with E-state index in [9.17, 15) is 0 Å². The van der Waals surface area contributed by atoms with Crippen LogP contribution in [-0.2, 0) is 4.74 Å². The molecule has 2 bridgehead atoms. The Morgan fingerprint density at radius 2 is 2.55 bits per heavy atom. The molecule has 2 aliphatic rings. The minimum atomic E-state index is -0.124. The van der Waals surface area contributed by atoms with Crippen LogP contribution in [0, 0.1) is 12.3 Å². The Hall–Kier alpha value is -0.520. The van der Waals surface area contributed by atoms with Crippen LogP contribution < -0.4 is 5.32 Å². The van der Waals surface area contributed by atoms with Crippen LogP contribution in [0.3, 0.4) is 0 Å². The van der Waals surface area contributed by atoms with E-state index in [1.54, 1.807) is 0 Å². The second-order valence-corrected chi connectivity index (χ2v) is 3.48. The van der Waals surface area contributed by atoms with Gasteiger partial charge in [0.2, 0.25) is 0 Å². The van der Waals surface area contributed by atoms with Crippen molar-refractivity contribution in [3.8, 4) is 12.3 Å². The van der Waals surface area contributed by atoms with Crippen molar-refractivity contribution >= 4 is 0 Å². The molecule has 2 fully saturated rings. The lowest BCUT2D eigenvalue weighted by atomic mass is 9.86. The molecular formula is C9H13NO. The second kappa shape index (κ2) is 2.51. The van der Waals surface area contributed by atoms with Gasteiger partial charge in [-0.15, -0.1) is 6.42 Å². The Labute approximate surface area is 67.3 Å². The monoisotopic (exact) mass is 151 g/mol. The topological polar surface area (TPSA) is 21.3 Å². The molecule has 0 aromatic heterocycles. The van der Waals surface area contributed by atoms with E-state index < -0.39 is 0 Å². The van der Waals surface area contributed by atoms with E-state index in [4.69, 9.17) is 11.2 Å². The van der Waals surface area contributed by atoms with Crippen LogP contribution in [-0.4, -0.2) is 24.8 Å². The smallest absolute Gasteiger partial charge is 0.104 e. The summed E-state index contributed by atoms with van der Waals surface area (Å²) < 4.78 is 5.43.